The average molecular weight is 988 g/mol. The number of nitrogens with one attached hydrogen (secondary N) is 2. The number of nitrogen functional groups attached to an aromatic ring is 1. The number of allylic oxidation sites excluding steroid dienone is 2. The lowest BCUT2D eigenvalue weighted by Crippen LogP contribution is -2.46. The van der Waals surface area contributed by atoms with Gasteiger partial charge in [0.15, 0.2) is 22.8 Å². The lowest BCUT2D eigenvalue weighted by atomic mass is 9.87. The van der Waals surface area contributed by atoms with E-state index in [1.165, 1.54) is 13.8 Å². The van der Waals surface area contributed by atoms with Gasteiger partial charge in [0.05, 0.1) is 19.5 Å². The molecule has 1 saturated heterocycles. The number of aromatic nitrogens is 4. The molecular formula is C35H56N7O18P3S. The van der Waals surface area contributed by atoms with E-state index in [9.17, 15) is 62.7 Å². The van der Waals surface area contributed by atoms with Crippen molar-refractivity contribution in [2.45, 2.75) is 103 Å². The van der Waals surface area contributed by atoms with Gasteiger partial charge in [0.25, 0.3) is 0 Å². The number of aliphatic hydroxyl groups excluding tert-OH is 2. The molecule has 2 aromatic rings. The zero-order chi connectivity index (χ0) is 47.5. The molecule has 29 heteroatoms. The summed E-state index contributed by atoms with van der Waals surface area (Å²) in [5, 5.41) is 26.5. The van der Waals surface area contributed by atoms with Gasteiger partial charge in [-0.25, -0.2) is 28.6 Å². The van der Waals surface area contributed by atoms with Crippen LogP contribution in [-0.4, -0.2) is 128 Å². The van der Waals surface area contributed by atoms with Crippen molar-refractivity contribution < 1.29 is 85.3 Å². The largest absolute Gasteiger partial charge is 0.481 e. The highest BCUT2D eigenvalue weighted by Crippen LogP contribution is 2.61. The quantitative estimate of drug-likeness (QED) is 0.0368. The summed E-state index contributed by atoms with van der Waals surface area (Å²) in [7, 11) is -16.4. The smallest absolute Gasteiger partial charge is 0.386 e. The number of nitrogens with zero attached hydrogens (tertiary/aromatic N) is 4. The molecule has 25 nitrogen and oxygen atoms in total. The Labute approximate surface area is 372 Å². The maximum absolute atomic E-state index is 12.7. The molecule has 0 bridgehead atoms. The van der Waals surface area contributed by atoms with Crippen LogP contribution in [0.4, 0.5) is 5.82 Å². The molecule has 2 aromatic heterocycles. The molecule has 360 valence electrons. The van der Waals surface area contributed by atoms with Gasteiger partial charge < -0.3 is 50.9 Å². The minimum Gasteiger partial charge on any atom is -0.386 e. The van der Waals surface area contributed by atoms with Crippen LogP contribution in [0.15, 0.2) is 24.8 Å². The Kier molecular flexibility index (Phi) is 19.8. The zero-order valence-electron chi connectivity index (χ0n) is 35.2. The third kappa shape index (κ3) is 16.1. The summed E-state index contributed by atoms with van der Waals surface area (Å²) in [5.74, 6) is -0.541. The van der Waals surface area contributed by atoms with E-state index in [2.05, 4.69) is 46.6 Å². The molecule has 0 aromatic carbocycles. The topological polar surface area (TPSA) is 381 Å². The Hall–Kier alpha value is -3.03. The first kappa shape index (κ1) is 53.6. The second kappa shape index (κ2) is 23.6. The molecule has 9 atom stereocenters. The van der Waals surface area contributed by atoms with E-state index in [0.717, 1.165) is 54.7 Å². The van der Waals surface area contributed by atoms with Crippen molar-refractivity contribution in [3.8, 4) is 0 Å². The molecule has 2 aliphatic rings. The van der Waals surface area contributed by atoms with E-state index in [4.69, 9.17) is 19.5 Å². The van der Waals surface area contributed by atoms with Crippen LogP contribution < -0.4 is 16.4 Å². The van der Waals surface area contributed by atoms with Gasteiger partial charge in [-0.15, -0.1) is 0 Å². The first-order valence-electron chi connectivity index (χ1n) is 20.2. The van der Waals surface area contributed by atoms with Gasteiger partial charge >= 0.3 is 23.5 Å². The molecule has 1 aliphatic heterocycles. The Morgan fingerprint density at radius 3 is 2.48 bits per heavy atom. The van der Waals surface area contributed by atoms with Crippen molar-refractivity contribution in [1.82, 2.24) is 30.2 Å². The summed E-state index contributed by atoms with van der Waals surface area (Å²) in [6.45, 7) is 2.49. The Morgan fingerprint density at radius 2 is 1.78 bits per heavy atom. The number of hydrogen-bond acceptors (Lipinski definition) is 19. The molecule has 3 heterocycles. The number of carbonyl (C=O) groups excluding carboxylic acids is 4. The summed E-state index contributed by atoms with van der Waals surface area (Å²) in [6.07, 6.45) is 2.09. The lowest BCUT2D eigenvalue weighted by molar-refractivity contribution is -0.137. The molecule has 2 amide bonds. The van der Waals surface area contributed by atoms with Crippen molar-refractivity contribution in [3.63, 3.8) is 0 Å². The fourth-order valence-corrected chi connectivity index (χ4v) is 10.5. The first-order chi connectivity index (χ1) is 29.9. The molecular weight excluding hydrogens is 931 g/mol. The number of rotatable bonds is 26. The number of ketones is 1. The first-order valence-corrected chi connectivity index (χ1v) is 25.7. The van der Waals surface area contributed by atoms with Gasteiger partial charge in [-0.1, -0.05) is 44.7 Å². The summed E-state index contributed by atoms with van der Waals surface area (Å²) < 4.78 is 62.3. The minimum atomic E-state index is -5.58. The summed E-state index contributed by atoms with van der Waals surface area (Å²) in [6, 6.07) is 0. The van der Waals surface area contributed by atoms with E-state index in [-0.39, 0.29) is 53.4 Å². The Morgan fingerprint density at radius 1 is 1.06 bits per heavy atom. The number of phosphoric ester groups is 3. The normalized spacial score (nSPS) is 24.2. The molecule has 2 unspecified atom stereocenters. The third-order valence-electron chi connectivity index (χ3n) is 10.3. The maximum Gasteiger partial charge on any atom is 0.481 e. The highest BCUT2D eigenvalue weighted by molar-refractivity contribution is 8.13. The maximum atomic E-state index is 12.7. The van der Waals surface area contributed by atoms with Gasteiger partial charge in [-0.05, 0) is 38.0 Å². The van der Waals surface area contributed by atoms with Crippen LogP contribution in [0, 0.1) is 17.3 Å². The monoisotopic (exact) mass is 987 g/mol. The van der Waals surface area contributed by atoms with Crippen LogP contribution in [0.3, 0.4) is 0 Å². The van der Waals surface area contributed by atoms with Crippen LogP contribution in [0.25, 0.3) is 11.2 Å². The molecule has 1 aliphatic carbocycles. The second-order valence-electron chi connectivity index (χ2n) is 15.7. The number of aliphatic hydroxyl groups is 2. The van der Waals surface area contributed by atoms with E-state index < -0.39 is 84.6 Å². The van der Waals surface area contributed by atoms with Crippen molar-refractivity contribution in [1.29, 1.82) is 0 Å². The molecule has 0 radical (unpaired) electrons. The van der Waals surface area contributed by atoms with Gasteiger partial charge in [-0.3, -0.25) is 37.3 Å². The number of amides is 2. The van der Waals surface area contributed by atoms with Crippen molar-refractivity contribution in [2.24, 2.45) is 17.3 Å². The summed E-state index contributed by atoms with van der Waals surface area (Å²) >= 11 is 1.09. The molecule has 64 heavy (non-hydrogen) atoms. The van der Waals surface area contributed by atoms with Gasteiger partial charge in [0, 0.05) is 49.4 Å². The predicted molar refractivity (Wildman–Crippen MR) is 226 cm³/mol. The van der Waals surface area contributed by atoms with Crippen LogP contribution >= 0.6 is 35.2 Å². The minimum absolute atomic E-state index is 0.0158. The number of nitrogens with two attached hydrogens (primary N) is 1. The third-order valence-corrected chi connectivity index (χ3v) is 14.3. The SMILES string of the molecule is CC/C=C\C[C@@H]1C(=O)CC[C@@H]1CCCC(=O)SCCNC(=O)CCNC(=O)[C@H](O)C(C)(C)COP(=O)(O)OP(=O)(O)OC[C@H]1O[C@@H](n2cnc3c(N)ncnc32)[C@H](O)[C@@H]1OP(=O)(O)O. The number of imidazole rings is 1. The molecule has 2 fully saturated rings. The van der Waals surface area contributed by atoms with E-state index >= 15 is 0 Å². The highest BCUT2D eigenvalue weighted by Gasteiger charge is 2.50. The number of fused-ring (bicyclic) bond motifs is 1. The lowest BCUT2D eigenvalue weighted by Gasteiger charge is -2.30. The van der Waals surface area contributed by atoms with Crippen LogP contribution in [0.2, 0.25) is 0 Å². The molecule has 1 saturated carbocycles. The fraction of sp³-hybridized carbons (Fsp3) is 0.686. The number of hydrogen-bond donors (Lipinski definition) is 9. The van der Waals surface area contributed by atoms with Crippen LogP contribution in [-0.2, 0) is 55.5 Å². The number of Topliss-reactive ketones (excluding diaryl/α,β-unsaturated/α-hetero) is 1. The number of thioether (sulfide) groups is 1. The van der Waals surface area contributed by atoms with Crippen LogP contribution in [0.1, 0.15) is 78.4 Å². The van der Waals surface area contributed by atoms with Crippen molar-refractivity contribution in [2.75, 3.05) is 37.8 Å². The molecule has 0 spiro atoms. The average Bonchev–Trinajstić information content (AvgIpc) is 3.89. The van der Waals surface area contributed by atoms with Gasteiger partial charge in [-0.2, -0.15) is 4.31 Å². The Bertz CT molecular complexity index is 2120. The number of carbonyl (C=O) groups is 4. The molecule has 10 N–H and O–H groups in total. The fourth-order valence-electron chi connectivity index (χ4n) is 6.93. The van der Waals surface area contributed by atoms with E-state index in [1.807, 2.05) is 6.92 Å². The second-order valence-corrected chi connectivity index (χ2v) is 21.1. The van der Waals surface area contributed by atoms with Crippen LogP contribution in [0.5, 0.6) is 0 Å². The zero-order valence-corrected chi connectivity index (χ0v) is 38.7. The van der Waals surface area contributed by atoms with Crippen molar-refractivity contribution in [3.05, 3.63) is 24.8 Å². The number of phosphoric acid groups is 3. The number of anilines is 1. The van der Waals surface area contributed by atoms with E-state index in [1.54, 1.807) is 0 Å². The van der Waals surface area contributed by atoms with Crippen molar-refractivity contribution >= 4 is 74.9 Å². The van der Waals surface area contributed by atoms with Gasteiger partial charge in [0.1, 0.15) is 42.0 Å². The summed E-state index contributed by atoms with van der Waals surface area (Å²) in [4.78, 5) is 101. The highest BCUT2D eigenvalue weighted by atomic mass is 32.2. The van der Waals surface area contributed by atoms with Gasteiger partial charge in [0.2, 0.25) is 11.8 Å². The Balaban J connectivity index is 1.15. The number of ether oxygens (including phenoxy) is 1. The standard InChI is InChI=1S/C35H56N7O18P3S/c1-4-5-6-9-22-21(11-12-23(22)43)8-7-10-26(45)64-16-15-37-25(44)13-14-38-33(48)30(47)35(2,3)18-57-63(54,55)60-62(52,53)56-17-24-29(59-61(49,50)51)28(46)34(58-24)42-20-41-27-31(36)39-19-40-32(27)42/h5-6,19-22,24,28-30,34,46-47H,4,7-18H2,1-3H3,(H,37,44)(H,38,48)(H,52,53)(H,54,55)(H2,36,39,40)(H2,49,50,51)/b6-5-/t21-,22-,24+,28+,29+,30-,34+/m0/s1. The van der Waals surface area contributed by atoms with E-state index in [0.29, 0.717) is 30.8 Å². The molecule has 4 rings (SSSR count). The summed E-state index contributed by atoms with van der Waals surface area (Å²) in [5.41, 5.74) is 4.25. The predicted octanol–water partition coefficient (Wildman–Crippen LogP) is 1.79.